The molecule has 2 amide bonds. The molecule has 2 atom stereocenters. The fourth-order valence-corrected chi connectivity index (χ4v) is 5.72. The Balaban J connectivity index is 1.73. The minimum Gasteiger partial charge on any atom is -0.502 e. The zero-order valence-electron chi connectivity index (χ0n) is 21.3. The predicted octanol–water partition coefficient (Wildman–Crippen LogP) is 4.39. The Hall–Kier alpha value is -2.90. The smallest absolute Gasteiger partial charge is 0.296 e. The Morgan fingerprint density at radius 3 is 2.63 bits per heavy atom. The first-order chi connectivity index (χ1) is 16.5. The Morgan fingerprint density at radius 2 is 1.97 bits per heavy atom. The van der Waals surface area contributed by atoms with Gasteiger partial charge in [-0.3, -0.25) is 19.0 Å². The van der Waals surface area contributed by atoms with Crippen molar-refractivity contribution in [1.29, 1.82) is 0 Å². The first-order valence-electron chi connectivity index (χ1n) is 12.7. The van der Waals surface area contributed by atoms with Crippen molar-refractivity contribution in [3.8, 4) is 5.75 Å². The maximum absolute atomic E-state index is 14.0. The lowest BCUT2D eigenvalue weighted by Gasteiger charge is -2.43. The number of rotatable bonds is 7. The lowest BCUT2D eigenvalue weighted by atomic mass is 9.75. The molecule has 0 saturated carbocycles. The van der Waals surface area contributed by atoms with Gasteiger partial charge >= 0.3 is 0 Å². The molecule has 8 heteroatoms. The number of aromatic hydroxyl groups is 1. The highest BCUT2D eigenvalue weighted by Gasteiger charge is 2.52. The molecule has 0 bridgehead atoms. The molecule has 2 aliphatic heterocycles. The predicted molar refractivity (Wildman–Crippen MR) is 132 cm³/mol. The highest BCUT2D eigenvalue weighted by Crippen LogP contribution is 2.44. The average Bonchev–Trinajstić information content (AvgIpc) is 3.10. The molecule has 1 aromatic heterocycles. The van der Waals surface area contributed by atoms with Crippen molar-refractivity contribution in [2.45, 2.75) is 78.8 Å². The minimum absolute atomic E-state index is 0.0430. The van der Waals surface area contributed by atoms with Crippen LogP contribution in [0.3, 0.4) is 0 Å². The van der Waals surface area contributed by atoms with Crippen LogP contribution >= 0.6 is 0 Å². The van der Waals surface area contributed by atoms with Crippen LogP contribution in [-0.2, 0) is 12.1 Å². The average molecular weight is 486 g/mol. The maximum Gasteiger partial charge on any atom is 0.296 e. The van der Waals surface area contributed by atoms with Gasteiger partial charge in [-0.2, -0.15) is 0 Å². The van der Waals surface area contributed by atoms with Crippen LogP contribution in [0.1, 0.15) is 93.1 Å². The highest BCUT2D eigenvalue weighted by atomic mass is 19.1. The van der Waals surface area contributed by atoms with Gasteiger partial charge in [0.2, 0.25) is 0 Å². The number of carbonyl (C=O) groups excluding carboxylic acids is 2. The Labute approximate surface area is 205 Å². The highest BCUT2D eigenvalue weighted by molar-refractivity contribution is 6.05. The molecular weight excluding hydrogens is 449 g/mol. The lowest BCUT2D eigenvalue weighted by Crippen LogP contribution is -2.55. The number of allylic oxidation sites excluding steroid dienone is 3. The molecule has 3 heterocycles. The molecule has 0 spiro atoms. The minimum atomic E-state index is -1.03. The lowest BCUT2D eigenvalue weighted by molar-refractivity contribution is 0.0553. The second-order valence-electron chi connectivity index (χ2n) is 10.8. The van der Waals surface area contributed by atoms with E-state index in [1.54, 1.807) is 11.0 Å². The number of nitrogens with zero attached hydrogens (tertiary/aromatic N) is 2. The van der Waals surface area contributed by atoms with Crippen molar-refractivity contribution < 1.29 is 19.1 Å². The van der Waals surface area contributed by atoms with E-state index in [4.69, 9.17) is 0 Å². The first-order valence-corrected chi connectivity index (χ1v) is 12.7. The molecule has 7 nitrogen and oxygen atoms in total. The van der Waals surface area contributed by atoms with E-state index >= 15 is 0 Å². The standard InChI is InChI=1S/C27H36FN3O4/c1-6-8-12-26(3,4)27(5)29-23(33)21-18-11-13-30(15-16-9-10-19(28)17(7-2)14-16)24(34)20(18)22(32)25(35)31(21)27/h10,14,16,32H,6-9,11-13,15H2,1-5H3,(H,29,33). The van der Waals surface area contributed by atoms with Gasteiger partial charge in [0.1, 0.15) is 17.2 Å². The van der Waals surface area contributed by atoms with Gasteiger partial charge in [0.25, 0.3) is 17.4 Å². The van der Waals surface area contributed by atoms with E-state index < -0.39 is 34.2 Å². The molecule has 3 aliphatic rings. The fraction of sp³-hybridized carbons (Fsp3) is 0.593. The number of nitrogens with one attached hydrogen (secondary N) is 1. The van der Waals surface area contributed by atoms with Gasteiger partial charge in [-0.05, 0) is 50.2 Å². The van der Waals surface area contributed by atoms with Crippen molar-refractivity contribution in [3.63, 3.8) is 0 Å². The van der Waals surface area contributed by atoms with E-state index in [9.17, 15) is 23.9 Å². The summed E-state index contributed by atoms with van der Waals surface area (Å²) in [6.07, 6.45) is 7.51. The van der Waals surface area contributed by atoms with Gasteiger partial charge in [0, 0.05) is 24.1 Å². The molecular formula is C27H36FN3O4. The zero-order valence-corrected chi connectivity index (χ0v) is 21.3. The summed E-state index contributed by atoms with van der Waals surface area (Å²) in [6, 6.07) is 0. The molecule has 0 aromatic carbocycles. The summed E-state index contributed by atoms with van der Waals surface area (Å²) >= 11 is 0. The zero-order chi connectivity index (χ0) is 25.7. The molecule has 1 aromatic rings. The molecule has 35 heavy (non-hydrogen) atoms. The van der Waals surface area contributed by atoms with Crippen molar-refractivity contribution in [2.24, 2.45) is 11.3 Å². The SMILES string of the molecule is CCCCC(C)(C)C1(C)NC(=O)c2c3c(c(O)c(=O)n21)C(=O)N(CC1C=C(CC)C(F)=CC1)CC3. The third kappa shape index (κ3) is 3.91. The molecule has 4 rings (SSSR count). The van der Waals surface area contributed by atoms with Crippen LogP contribution in [0, 0.1) is 11.3 Å². The number of unbranched alkanes of at least 4 members (excludes halogenated alkanes) is 1. The van der Waals surface area contributed by atoms with Crippen LogP contribution in [0.4, 0.5) is 4.39 Å². The van der Waals surface area contributed by atoms with Crippen LogP contribution in [0.15, 0.2) is 28.3 Å². The molecule has 2 N–H and O–H groups in total. The molecule has 0 saturated heterocycles. The normalized spacial score (nSPS) is 24.1. The molecule has 2 unspecified atom stereocenters. The summed E-state index contributed by atoms with van der Waals surface area (Å²) in [7, 11) is 0. The molecule has 0 radical (unpaired) electrons. The van der Waals surface area contributed by atoms with Crippen molar-refractivity contribution >= 4 is 11.8 Å². The summed E-state index contributed by atoms with van der Waals surface area (Å²) in [4.78, 5) is 41.7. The van der Waals surface area contributed by atoms with Crippen LogP contribution < -0.4 is 10.9 Å². The number of pyridine rings is 1. The Morgan fingerprint density at radius 1 is 1.26 bits per heavy atom. The van der Waals surface area contributed by atoms with Crippen molar-refractivity contribution in [1.82, 2.24) is 14.8 Å². The third-order valence-electron chi connectivity index (χ3n) is 8.26. The van der Waals surface area contributed by atoms with Gasteiger partial charge in [-0.25, -0.2) is 4.39 Å². The van der Waals surface area contributed by atoms with Crippen molar-refractivity contribution in [3.05, 3.63) is 50.7 Å². The van der Waals surface area contributed by atoms with Gasteiger partial charge in [-0.15, -0.1) is 0 Å². The van der Waals surface area contributed by atoms with Crippen LogP contribution in [0.5, 0.6) is 5.75 Å². The Bertz CT molecular complexity index is 1200. The number of hydrogen-bond acceptors (Lipinski definition) is 4. The molecule has 0 fully saturated rings. The summed E-state index contributed by atoms with van der Waals surface area (Å²) in [5.41, 5.74) is -1.06. The van der Waals surface area contributed by atoms with E-state index in [0.29, 0.717) is 43.5 Å². The number of aromatic nitrogens is 1. The summed E-state index contributed by atoms with van der Waals surface area (Å²) < 4.78 is 15.3. The van der Waals surface area contributed by atoms with E-state index in [-0.39, 0.29) is 23.0 Å². The Kier molecular flexibility index (Phi) is 6.45. The summed E-state index contributed by atoms with van der Waals surface area (Å²) in [6.45, 7) is 10.5. The quantitative estimate of drug-likeness (QED) is 0.599. The second kappa shape index (κ2) is 8.95. The van der Waals surface area contributed by atoms with Gasteiger partial charge < -0.3 is 15.3 Å². The van der Waals surface area contributed by atoms with Crippen molar-refractivity contribution in [2.75, 3.05) is 13.1 Å². The van der Waals surface area contributed by atoms with E-state index in [1.165, 1.54) is 4.57 Å². The second-order valence-corrected chi connectivity index (χ2v) is 10.8. The third-order valence-corrected chi connectivity index (χ3v) is 8.26. The molecule has 190 valence electrons. The number of carbonyl (C=O) groups is 2. The van der Waals surface area contributed by atoms with E-state index in [1.807, 2.05) is 33.8 Å². The fourth-order valence-electron chi connectivity index (χ4n) is 5.72. The van der Waals surface area contributed by atoms with Gasteiger partial charge in [0.15, 0.2) is 5.75 Å². The van der Waals surface area contributed by atoms with E-state index in [2.05, 4.69) is 12.2 Å². The summed E-state index contributed by atoms with van der Waals surface area (Å²) in [5, 5.41) is 14.0. The largest absolute Gasteiger partial charge is 0.502 e. The van der Waals surface area contributed by atoms with Crippen LogP contribution in [-0.4, -0.2) is 39.5 Å². The first kappa shape index (κ1) is 25.2. The van der Waals surface area contributed by atoms with Crippen LogP contribution in [0.2, 0.25) is 0 Å². The number of fused-ring (bicyclic) bond motifs is 3. The van der Waals surface area contributed by atoms with Gasteiger partial charge in [-0.1, -0.05) is 46.6 Å². The topological polar surface area (TPSA) is 91.6 Å². The molecule has 1 aliphatic carbocycles. The van der Waals surface area contributed by atoms with Gasteiger partial charge in [0.05, 0.1) is 5.56 Å². The summed E-state index contributed by atoms with van der Waals surface area (Å²) in [5.74, 6) is -1.71. The van der Waals surface area contributed by atoms with Crippen LogP contribution in [0.25, 0.3) is 0 Å². The van der Waals surface area contributed by atoms with E-state index in [0.717, 1.165) is 19.3 Å². The monoisotopic (exact) mass is 485 g/mol. The number of amides is 2. The number of halogens is 1. The number of hydrogen-bond donors (Lipinski definition) is 2. The maximum atomic E-state index is 14.0.